The van der Waals surface area contributed by atoms with E-state index in [1.807, 2.05) is 0 Å². The highest BCUT2D eigenvalue weighted by Crippen LogP contribution is 2.28. The zero-order chi connectivity index (χ0) is 16.0. The Bertz CT molecular complexity index is 1000. The molecule has 118 valence electrons. The van der Waals surface area contributed by atoms with E-state index in [1.165, 1.54) is 18.9 Å². The van der Waals surface area contributed by atoms with Gasteiger partial charge in [0.25, 0.3) is 0 Å². The van der Waals surface area contributed by atoms with Crippen molar-refractivity contribution in [3.8, 4) is 11.8 Å². The second-order valence-corrected chi connectivity index (χ2v) is 6.05. The lowest BCUT2D eigenvalue weighted by Crippen LogP contribution is -2.18. The van der Waals surface area contributed by atoms with E-state index in [1.54, 1.807) is 22.9 Å². The summed E-state index contributed by atoms with van der Waals surface area (Å²) in [5.74, 6) is 0.428. The molecule has 1 aliphatic rings. The molecule has 0 radical (unpaired) electrons. The molecule has 3 aromatic heterocycles. The number of fused-ring (bicyclic) bond motifs is 1. The number of hydrogen-bond acceptors (Lipinski definition) is 5. The van der Waals surface area contributed by atoms with Crippen LogP contribution < -0.4 is 10.7 Å². The van der Waals surface area contributed by atoms with E-state index < -0.39 is 0 Å². The van der Waals surface area contributed by atoms with E-state index in [2.05, 4.69) is 20.1 Å². The molecule has 7 nitrogen and oxygen atoms in total. The van der Waals surface area contributed by atoms with Gasteiger partial charge in [-0.2, -0.15) is 9.61 Å². The quantitative estimate of drug-likeness (QED) is 0.623. The number of H-pyrrole nitrogens is 1. The van der Waals surface area contributed by atoms with Crippen molar-refractivity contribution >= 4 is 23.3 Å². The zero-order valence-electron chi connectivity index (χ0n) is 12.1. The first-order chi connectivity index (χ1) is 11.1. The first-order valence-electron chi connectivity index (χ1n) is 7.27. The van der Waals surface area contributed by atoms with Crippen LogP contribution in [-0.2, 0) is 0 Å². The number of aromatic nitrogens is 4. The number of nitrogens with zero attached hydrogens (tertiary/aromatic N) is 4. The Balaban J connectivity index is 1.89. The van der Waals surface area contributed by atoms with Gasteiger partial charge in [-0.05, 0) is 24.8 Å². The Morgan fingerprint density at radius 1 is 1.39 bits per heavy atom. The first kappa shape index (κ1) is 14.1. The third-order valence-electron chi connectivity index (χ3n) is 3.78. The molecule has 0 unspecified atom stereocenters. The lowest BCUT2D eigenvalue weighted by atomic mass is 10.2. The summed E-state index contributed by atoms with van der Waals surface area (Å²) in [6.07, 6.45) is 5.74. The van der Waals surface area contributed by atoms with E-state index in [-0.39, 0.29) is 11.8 Å². The highest BCUT2D eigenvalue weighted by atomic mass is 35.5. The van der Waals surface area contributed by atoms with Crippen LogP contribution in [0, 0.1) is 5.92 Å². The minimum atomic E-state index is -0.123. The van der Waals surface area contributed by atoms with E-state index in [0.717, 1.165) is 6.54 Å². The van der Waals surface area contributed by atoms with Gasteiger partial charge >= 0.3 is 0 Å². The van der Waals surface area contributed by atoms with Crippen LogP contribution in [-0.4, -0.2) is 36.3 Å². The van der Waals surface area contributed by atoms with Crippen molar-refractivity contribution in [2.24, 2.45) is 10.9 Å². The van der Waals surface area contributed by atoms with E-state index >= 15 is 0 Å². The van der Waals surface area contributed by atoms with E-state index in [0.29, 0.717) is 33.0 Å². The molecule has 0 atom stereocenters. The standard InChI is InChI=1S/C15H14ClN5O2/c16-11-5-12(17-6-8-1-2-8)21-14(19-11)10(7-18-21)3-9-4-13(22)20-15(9)23/h3-5,7-8,20,22-23H,1-2,6H2. The molecular formula is C15H14ClN5O2. The summed E-state index contributed by atoms with van der Waals surface area (Å²) in [4.78, 5) is 11.3. The second-order valence-electron chi connectivity index (χ2n) is 5.66. The molecule has 8 heteroatoms. The number of aromatic amines is 1. The van der Waals surface area contributed by atoms with E-state index in [9.17, 15) is 10.2 Å². The summed E-state index contributed by atoms with van der Waals surface area (Å²) in [6.45, 7) is 0.765. The molecule has 3 N–H and O–H groups in total. The minimum Gasteiger partial charge on any atom is -0.494 e. The van der Waals surface area contributed by atoms with Crippen LogP contribution in [0.25, 0.3) is 11.7 Å². The minimum absolute atomic E-state index is 0.115. The summed E-state index contributed by atoms with van der Waals surface area (Å²) in [6, 6.07) is 3.11. The van der Waals surface area contributed by atoms with Crippen molar-refractivity contribution < 1.29 is 10.2 Å². The Hall–Kier alpha value is -2.54. The van der Waals surface area contributed by atoms with Crippen LogP contribution in [0.4, 0.5) is 0 Å². The molecule has 4 rings (SSSR count). The van der Waals surface area contributed by atoms with Gasteiger partial charge < -0.3 is 10.2 Å². The number of rotatable bonds is 3. The fourth-order valence-corrected chi connectivity index (χ4v) is 2.57. The molecular weight excluding hydrogens is 318 g/mol. The monoisotopic (exact) mass is 331 g/mol. The van der Waals surface area contributed by atoms with Gasteiger partial charge in [0.15, 0.2) is 22.9 Å². The fraction of sp³-hybridized carbons (Fsp3) is 0.267. The van der Waals surface area contributed by atoms with Gasteiger partial charge in [-0.25, -0.2) is 4.98 Å². The number of nitrogens with one attached hydrogen (secondary N) is 1. The smallest absolute Gasteiger partial charge is 0.198 e. The molecule has 0 aliphatic heterocycles. The Morgan fingerprint density at radius 2 is 2.22 bits per heavy atom. The van der Waals surface area contributed by atoms with E-state index in [4.69, 9.17) is 11.6 Å². The van der Waals surface area contributed by atoms with Crippen LogP contribution in [0.2, 0.25) is 5.15 Å². The van der Waals surface area contributed by atoms with Gasteiger partial charge in [-0.15, -0.1) is 0 Å². The molecule has 1 saturated carbocycles. The van der Waals surface area contributed by atoms with Crippen LogP contribution in [0.15, 0.2) is 23.3 Å². The number of hydrogen-bond donors (Lipinski definition) is 3. The highest BCUT2D eigenvalue weighted by Gasteiger charge is 2.20. The fourth-order valence-electron chi connectivity index (χ4n) is 2.40. The van der Waals surface area contributed by atoms with Gasteiger partial charge in [0.1, 0.15) is 5.15 Å². The van der Waals surface area contributed by atoms with Gasteiger partial charge in [0, 0.05) is 29.5 Å². The van der Waals surface area contributed by atoms with Crippen LogP contribution in [0.1, 0.15) is 18.4 Å². The van der Waals surface area contributed by atoms with Gasteiger partial charge in [-0.1, -0.05) is 11.6 Å². The molecule has 0 aromatic carbocycles. The molecule has 3 aromatic rings. The molecule has 0 bridgehead atoms. The van der Waals surface area contributed by atoms with Gasteiger partial charge in [0.2, 0.25) is 0 Å². The van der Waals surface area contributed by atoms with Crippen molar-refractivity contribution in [1.29, 1.82) is 0 Å². The molecule has 1 fully saturated rings. The second kappa shape index (κ2) is 5.27. The maximum Gasteiger partial charge on any atom is 0.198 e. The summed E-state index contributed by atoms with van der Waals surface area (Å²) < 4.78 is 1.63. The predicted molar refractivity (Wildman–Crippen MR) is 84.1 cm³/mol. The zero-order valence-corrected chi connectivity index (χ0v) is 12.8. The van der Waals surface area contributed by atoms with Gasteiger partial charge in [-0.3, -0.25) is 9.98 Å². The van der Waals surface area contributed by atoms with Gasteiger partial charge in [0.05, 0.1) is 6.20 Å². The Labute approximate surface area is 135 Å². The topological polar surface area (TPSA) is 98.8 Å². The van der Waals surface area contributed by atoms with Crippen molar-refractivity contribution in [2.75, 3.05) is 6.54 Å². The molecule has 1 aliphatic carbocycles. The molecule has 3 heterocycles. The van der Waals surface area contributed by atoms with Crippen molar-refractivity contribution in [3.63, 3.8) is 0 Å². The first-order valence-corrected chi connectivity index (χ1v) is 7.65. The van der Waals surface area contributed by atoms with Crippen LogP contribution in [0.5, 0.6) is 11.8 Å². The largest absolute Gasteiger partial charge is 0.494 e. The number of halogens is 1. The summed E-state index contributed by atoms with van der Waals surface area (Å²) in [7, 11) is 0. The summed E-state index contributed by atoms with van der Waals surface area (Å²) >= 11 is 6.10. The van der Waals surface area contributed by atoms with Crippen LogP contribution in [0.3, 0.4) is 0 Å². The lowest BCUT2D eigenvalue weighted by molar-refractivity contribution is 0.425. The maximum atomic E-state index is 9.72. The predicted octanol–water partition coefficient (Wildman–Crippen LogP) is 0.980. The highest BCUT2D eigenvalue weighted by molar-refractivity contribution is 6.29. The average Bonchev–Trinajstić information content (AvgIpc) is 3.17. The summed E-state index contributed by atoms with van der Waals surface area (Å²) in [5.41, 5.74) is 1.65. The van der Waals surface area contributed by atoms with Crippen LogP contribution >= 0.6 is 11.6 Å². The summed E-state index contributed by atoms with van der Waals surface area (Å²) in [5, 5.41) is 24.4. The molecule has 0 saturated heterocycles. The van der Waals surface area contributed by atoms with Crippen molar-refractivity contribution in [1.82, 2.24) is 19.6 Å². The third-order valence-corrected chi connectivity index (χ3v) is 3.97. The third kappa shape index (κ3) is 2.75. The average molecular weight is 332 g/mol. The Morgan fingerprint density at radius 3 is 2.91 bits per heavy atom. The molecule has 23 heavy (non-hydrogen) atoms. The normalized spacial score (nSPS) is 16.6. The SMILES string of the molecule is Oc1cc(C=c2cnn3c(=NCC4CC4)cc(Cl)nc23)c(O)[nH]1. The lowest BCUT2D eigenvalue weighted by Gasteiger charge is -1.96. The maximum absolute atomic E-state index is 9.72. The molecule has 0 amide bonds. The van der Waals surface area contributed by atoms with Crippen molar-refractivity contribution in [3.05, 3.63) is 39.8 Å². The van der Waals surface area contributed by atoms with Crippen molar-refractivity contribution in [2.45, 2.75) is 12.8 Å². The Kier molecular flexibility index (Phi) is 3.23. The molecule has 0 spiro atoms. The number of aromatic hydroxyl groups is 2.